The molecule has 0 bridgehead atoms. The van der Waals surface area contributed by atoms with Gasteiger partial charge in [0.2, 0.25) is 0 Å². The molecule has 0 saturated heterocycles. The lowest BCUT2D eigenvalue weighted by Crippen LogP contribution is -2.15. The van der Waals surface area contributed by atoms with Gasteiger partial charge >= 0.3 is 0 Å². The molecule has 0 fully saturated rings. The van der Waals surface area contributed by atoms with E-state index < -0.39 is 5.60 Å². The number of ether oxygens (including phenoxy) is 1. The van der Waals surface area contributed by atoms with E-state index in [0.29, 0.717) is 12.3 Å². The van der Waals surface area contributed by atoms with E-state index in [4.69, 9.17) is 4.74 Å². The molecule has 1 aromatic carbocycles. The Bertz CT molecular complexity index is 529. The maximum Gasteiger partial charge on any atom is 0.121 e. The Morgan fingerprint density at radius 3 is 2.78 bits per heavy atom. The first-order valence-electron chi connectivity index (χ1n) is 5.89. The van der Waals surface area contributed by atoms with Crippen molar-refractivity contribution in [3.63, 3.8) is 0 Å². The molecule has 2 rings (SSSR count). The lowest BCUT2D eigenvalue weighted by Gasteiger charge is -2.11. The van der Waals surface area contributed by atoms with Gasteiger partial charge in [0.1, 0.15) is 17.0 Å². The fourth-order valence-corrected chi connectivity index (χ4v) is 1.55. The molecule has 0 unspecified atom stereocenters. The Morgan fingerprint density at radius 1 is 1.39 bits per heavy atom. The second kappa shape index (κ2) is 4.78. The summed E-state index contributed by atoms with van der Waals surface area (Å²) in [5.74, 6) is 0.787. The van der Waals surface area contributed by atoms with Crippen molar-refractivity contribution in [3.8, 4) is 11.4 Å². The SMILES string of the molecule is CCOc1cccc(-n2cc(C(C)(C)O)nn2)c1. The van der Waals surface area contributed by atoms with E-state index in [9.17, 15) is 5.11 Å². The molecule has 0 aliphatic carbocycles. The predicted octanol–water partition coefficient (Wildman–Crippen LogP) is 1.89. The van der Waals surface area contributed by atoms with Gasteiger partial charge in [-0.05, 0) is 32.9 Å². The highest BCUT2D eigenvalue weighted by atomic mass is 16.5. The van der Waals surface area contributed by atoms with Crippen LogP contribution in [0.5, 0.6) is 5.75 Å². The largest absolute Gasteiger partial charge is 0.494 e. The van der Waals surface area contributed by atoms with Crippen LogP contribution in [-0.4, -0.2) is 26.7 Å². The van der Waals surface area contributed by atoms with Gasteiger partial charge in [0.15, 0.2) is 0 Å². The van der Waals surface area contributed by atoms with Crippen LogP contribution in [0.3, 0.4) is 0 Å². The average molecular weight is 247 g/mol. The molecule has 0 saturated carbocycles. The van der Waals surface area contributed by atoms with Crippen molar-refractivity contribution >= 4 is 0 Å². The van der Waals surface area contributed by atoms with E-state index in [1.165, 1.54) is 0 Å². The fourth-order valence-electron chi connectivity index (χ4n) is 1.55. The summed E-state index contributed by atoms with van der Waals surface area (Å²) in [6, 6.07) is 7.57. The molecule has 0 aliphatic rings. The number of aromatic nitrogens is 3. The van der Waals surface area contributed by atoms with Gasteiger partial charge in [-0.15, -0.1) is 5.10 Å². The molecule has 5 heteroatoms. The molecule has 0 aliphatic heterocycles. The van der Waals surface area contributed by atoms with Crippen LogP contribution in [0, 0.1) is 0 Å². The lowest BCUT2D eigenvalue weighted by molar-refractivity contribution is 0.0737. The first-order chi connectivity index (χ1) is 8.50. The van der Waals surface area contributed by atoms with E-state index in [0.717, 1.165) is 11.4 Å². The number of hydrogen-bond acceptors (Lipinski definition) is 4. The van der Waals surface area contributed by atoms with Crippen molar-refractivity contribution < 1.29 is 9.84 Å². The molecular weight excluding hydrogens is 230 g/mol. The second-order valence-electron chi connectivity index (χ2n) is 4.54. The van der Waals surface area contributed by atoms with Crippen molar-refractivity contribution in [3.05, 3.63) is 36.2 Å². The van der Waals surface area contributed by atoms with Crippen LogP contribution >= 0.6 is 0 Å². The van der Waals surface area contributed by atoms with Crippen molar-refractivity contribution in [2.45, 2.75) is 26.4 Å². The van der Waals surface area contributed by atoms with Crippen LogP contribution < -0.4 is 4.74 Å². The zero-order valence-electron chi connectivity index (χ0n) is 10.8. The van der Waals surface area contributed by atoms with Crippen LogP contribution in [0.15, 0.2) is 30.5 Å². The molecule has 1 aromatic heterocycles. The van der Waals surface area contributed by atoms with Crippen molar-refractivity contribution in [1.29, 1.82) is 0 Å². The van der Waals surface area contributed by atoms with Gasteiger partial charge in [-0.3, -0.25) is 0 Å². The van der Waals surface area contributed by atoms with Gasteiger partial charge in [-0.25, -0.2) is 4.68 Å². The standard InChI is InChI=1S/C13H17N3O2/c1-4-18-11-7-5-6-10(8-11)16-9-12(14-15-16)13(2,3)17/h5-9,17H,4H2,1-3H3. The molecule has 0 atom stereocenters. The quantitative estimate of drug-likeness (QED) is 0.896. The summed E-state index contributed by atoms with van der Waals surface area (Å²) in [5, 5.41) is 17.8. The molecular formula is C13H17N3O2. The Balaban J connectivity index is 2.31. The van der Waals surface area contributed by atoms with E-state index in [1.807, 2.05) is 31.2 Å². The zero-order valence-corrected chi connectivity index (χ0v) is 10.8. The molecule has 5 nitrogen and oxygen atoms in total. The third-order valence-electron chi connectivity index (χ3n) is 2.51. The fraction of sp³-hybridized carbons (Fsp3) is 0.385. The number of benzene rings is 1. The van der Waals surface area contributed by atoms with Gasteiger partial charge in [0.05, 0.1) is 18.5 Å². The van der Waals surface area contributed by atoms with Gasteiger partial charge in [-0.2, -0.15) is 0 Å². The van der Waals surface area contributed by atoms with Crippen LogP contribution in [0.1, 0.15) is 26.5 Å². The van der Waals surface area contributed by atoms with Crippen molar-refractivity contribution in [1.82, 2.24) is 15.0 Å². The van der Waals surface area contributed by atoms with Gasteiger partial charge < -0.3 is 9.84 Å². The Labute approximate surface area is 106 Å². The van der Waals surface area contributed by atoms with E-state index in [1.54, 1.807) is 24.7 Å². The monoisotopic (exact) mass is 247 g/mol. The molecule has 96 valence electrons. The molecule has 0 spiro atoms. The molecule has 0 amide bonds. The Kier molecular flexibility index (Phi) is 3.34. The molecule has 1 heterocycles. The third-order valence-corrected chi connectivity index (χ3v) is 2.51. The molecule has 2 aromatic rings. The Hall–Kier alpha value is -1.88. The summed E-state index contributed by atoms with van der Waals surface area (Å²) in [6.07, 6.45) is 1.71. The normalized spacial score (nSPS) is 11.6. The van der Waals surface area contributed by atoms with E-state index >= 15 is 0 Å². The summed E-state index contributed by atoms with van der Waals surface area (Å²) in [5.41, 5.74) is 0.392. The van der Waals surface area contributed by atoms with Crippen LogP contribution in [0.25, 0.3) is 5.69 Å². The van der Waals surface area contributed by atoms with E-state index in [2.05, 4.69) is 10.3 Å². The minimum absolute atomic E-state index is 0.532. The summed E-state index contributed by atoms with van der Waals surface area (Å²) in [4.78, 5) is 0. The van der Waals surface area contributed by atoms with Crippen molar-refractivity contribution in [2.75, 3.05) is 6.61 Å². The first kappa shape index (κ1) is 12.6. The van der Waals surface area contributed by atoms with Gasteiger partial charge in [0.25, 0.3) is 0 Å². The smallest absolute Gasteiger partial charge is 0.121 e. The van der Waals surface area contributed by atoms with Gasteiger partial charge in [-0.1, -0.05) is 11.3 Å². The van der Waals surface area contributed by atoms with Crippen LogP contribution in [0.2, 0.25) is 0 Å². The molecule has 0 radical (unpaired) electrons. The maximum absolute atomic E-state index is 9.85. The maximum atomic E-state index is 9.85. The highest BCUT2D eigenvalue weighted by Crippen LogP contribution is 2.20. The first-order valence-corrected chi connectivity index (χ1v) is 5.89. The average Bonchev–Trinajstić information content (AvgIpc) is 2.78. The van der Waals surface area contributed by atoms with Crippen LogP contribution in [0.4, 0.5) is 0 Å². The minimum atomic E-state index is -0.990. The number of rotatable bonds is 4. The van der Waals surface area contributed by atoms with Gasteiger partial charge in [0, 0.05) is 6.07 Å². The van der Waals surface area contributed by atoms with E-state index in [-0.39, 0.29) is 0 Å². The third kappa shape index (κ3) is 2.68. The number of hydrogen-bond donors (Lipinski definition) is 1. The highest BCUT2D eigenvalue weighted by molar-refractivity contribution is 5.38. The summed E-state index contributed by atoms with van der Waals surface area (Å²) >= 11 is 0. The zero-order chi connectivity index (χ0) is 13.2. The summed E-state index contributed by atoms with van der Waals surface area (Å²) in [7, 11) is 0. The minimum Gasteiger partial charge on any atom is -0.494 e. The molecule has 18 heavy (non-hydrogen) atoms. The van der Waals surface area contributed by atoms with Crippen LogP contribution in [-0.2, 0) is 5.60 Å². The number of aliphatic hydroxyl groups is 1. The topological polar surface area (TPSA) is 60.2 Å². The van der Waals surface area contributed by atoms with Crippen molar-refractivity contribution in [2.24, 2.45) is 0 Å². The number of nitrogens with zero attached hydrogens (tertiary/aromatic N) is 3. The molecule has 1 N–H and O–H groups in total. The highest BCUT2D eigenvalue weighted by Gasteiger charge is 2.20. The summed E-state index contributed by atoms with van der Waals surface area (Å²) in [6.45, 7) is 5.92. The summed E-state index contributed by atoms with van der Waals surface area (Å²) < 4.78 is 7.05. The predicted molar refractivity (Wildman–Crippen MR) is 67.8 cm³/mol. The second-order valence-corrected chi connectivity index (χ2v) is 4.54. The Morgan fingerprint density at radius 2 is 2.17 bits per heavy atom. The lowest BCUT2D eigenvalue weighted by atomic mass is 10.1.